The topological polar surface area (TPSA) is 12.0 Å². The van der Waals surface area contributed by atoms with Gasteiger partial charge in [-0.05, 0) is 47.8 Å². The summed E-state index contributed by atoms with van der Waals surface area (Å²) in [5.74, 6) is 0.475. The molecule has 0 amide bonds. The average Bonchev–Trinajstić information content (AvgIpc) is 2.16. The SMILES string of the molecule is CNC(c1cccc(Br)c1F)C1CCC1. The molecule has 0 heterocycles. The van der Waals surface area contributed by atoms with Crippen molar-refractivity contribution in [1.29, 1.82) is 0 Å². The molecule has 1 aromatic rings. The first-order valence-electron chi connectivity index (χ1n) is 5.35. The van der Waals surface area contributed by atoms with Crippen LogP contribution in [0.2, 0.25) is 0 Å². The van der Waals surface area contributed by atoms with E-state index in [1.54, 1.807) is 6.07 Å². The first kappa shape index (κ1) is 11.1. The summed E-state index contributed by atoms with van der Waals surface area (Å²) in [6, 6.07) is 5.67. The van der Waals surface area contributed by atoms with Crippen molar-refractivity contribution in [1.82, 2.24) is 5.32 Å². The van der Waals surface area contributed by atoms with Gasteiger partial charge in [0.25, 0.3) is 0 Å². The molecule has 1 fully saturated rings. The van der Waals surface area contributed by atoms with Crippen LogP contribution in [0, 0.1) is 11.7 Å². The molecule has 0 radical (unpaired) electrons. The van der Waals surface area contributed by atoms with Crippen molar-refractivity contribution in [2.45, 2.75) is 25.3 Å². The minimum absolute atomic E-state index is 0.122. The van der Waals surface area contributed by atoms with Gasteiger partial charge in [-0.25, -0.2) is 4.39 Å². The zero-order valence-electron chi connectivity index (χ0n) is 8.76. The first-order chi connectivity index (χ1) is 7.24. The second kappa shape index (κ2) is 4.62. The van der Waals surface area contributed by atoms with E-state index in [9.17, 15) is 4.39 Å². The second-order valence-electron chi connectivity index (χ2n) is 4.10. The van der Waals surface area contributed by atoms with Gasteiger partial charge < -0.3 is 5.32 Å². The second-order valence-corrected chi connectivity index (χ2v) is 4.95. The summed E-state index contributed by atoms with van der Waals surface area (Å²) in [6.07, 6.45) is 3.69. The van der Waals surface area contributed by atoms with E-state index in [2.05, 4.69) is 21.2 Å². The van der Waals surface area contributed by atoms with E-state index in [-0.39, 0.29) is 11.9 Å². The summed E-state index contributed by atoms with van der Waals surface area (Å²) in [7, 11) is 1.91. The molecule has 1 N–H and O–H groups in total. The highest BCUT2D eigenvalue weighted by atomic mass is 79.9. The molecule has 0 aromatic heterocycles. The van der Waals surface area contributed by atoms with Gasteiger partial charge in [0.2, 0.25) is 0 Å². The normalized spacial score (nSPS) is 18.6. The minimum atomic E-state index is -0.122. The van der Waals surface area contributed by atoms with Gasteiger partial charge in [0, 0.05) is 11.6 Å². The Morgan fingerprint density at radius 3 is 2.73 bits per heavy atom. The molecule has 1 saturated carbocycles. The predicted octanol–water partition coefficient (Wildman–Crippen LogP) is 3.65. The van der Waals surface area contributed by atoms with Crippen molar-refractivity contribution in [3.8, 4) is 0 Å². The molecule has 2 rings (SSSR count). The van der Waals surface area contributed by atoms with Gasteiger partial charge in [0.1, 0.15) is 5.82 Å². The van der Waals surface area contributed by atoms with E-state index in [0.717, 1.165) is 5.56 Å². The number of hydrogen-bond donors (Lipinski definition) is 1. The summed E-state index contributed by atoms with van der Waals surface area (Å²) in [5, 5.41) is 3.23. The third kappa shape index (κ3) is 2.08. The fourth-order valence-corrected chi connectivity index (χ4v) is 2.56. The van der Waals surface area contributed by atoms with Crippen LogP contribution in [0.3, 0.4) is 0 Å². The Bertz CT molecular complexity index is 349. The number of halogens is 2. The lowest BCUT2D eigenvalue weighted by Crippen LogP contribution is -2.30. The number of hydrogen-bond acceptors (Lipinski definition) is 1. The van der Waals surface area contributed by atoms with Crippen LogP contribution in [0.1, 0.15) is 30.9 Å². The van der Waals surface area contributed by atoms with Crippen LogP contribution in [0.15, 0.2) is 22.7 Å². The third-order valence-corrected chi connectivity index (χ3v) is 3.86. The highest BCUT2D eigenvalue weighted by molar-refractivity contribution is 9.10. The molecule has 0 bridgehead atoms. The third-order valence-electron chi connectivity index (χ3n) is 3.25. The standard InChI is InChI=1S/C12H15BrFN/c1-15-12(8-4-2-5-8)9-6-3-7-10(13)11(9)14/h3,6-8,12,15H,2,4-5H2,1H3. The zero-order chi connectivity index (χ0) is 10.8. The molecule has 0 spiro atoms. The smallest absolute Gasteiger partial charge is 0.142 e. The van der Waals surface area contributed by atoms with E-state index in [1.165, 1.54) is 19.3 Å². The molecule has 1 aliphatic rings. The molecule has 1 aliphatic carbocycles. The van der Waals surface area contributed by atoms with E-state index in [0.29, 0.717) is 10.4 Å². The highest BCUT2D eigenvalue weighted by Gasteiger charge is 2.29. The maximum atomic E-state index is 13.9. The fraction of sp³-hybridized carbons (Fsp3) is 0.500. The molecule has 0 aliphatic heterocycles. The maximum absolute atomic E-state index is 13.9. The van der Waals surface area contributed by atoms with Crippen LogP contribution in [0.25, 0.3) is 0 Å². The van der Waals surface area contributed by atoms with Crippen molar-refractivity contribution < 1.29 is 4.39 Å². The van der Waals surface area contributed by atoms with E-state index >= 15 is 0 Å². The van der Waals surface area contributed by atoms with Crippen molar-refractivity contribution in [3.05, 3.63) is 34.1 Å². The minimum Gasteiger partial charge on any atom is -0.313 e. The summed E-state index contributed by atoms with van der Waals surface area (Å²) < 4.78 is 14.4. The lowest BCUT2D eigenvalue weighted by molar-refractivity contribution is 0.235. The van der Waals surface area contributed by atoms with Crippen LogP contribution >= 0.6 is 15.9 Å². The largest absolute Gasteiger partial charge is 0.313 e. The van der Waals surface area contributed by atoms with Crippen LogP contribution in [0.5, 0.6) is 0 Å². The summed E-state index contributed by atoms with van der Waals surface area (Å²) in [6.45, 7) is 0. The Balaban J connectivity index is 2.29. The molecule has 1 nitrogen and oxygen atoms in total. The van der Waals surface area contributed by atoms with Crippen molar-refractivity contribution in [2.75, 3.05) is 7.05 Å². The molecule has 15 heavy (non-hydrogen) atoms. The van der Waals surface area contributed by atoms with E-state index < -0.39 is 0 Å². The number of nitrogens with one attached hydrogen (secondary N) is 1. The molecule has 82 valence electrons. The molecule has 0 saturated heterocycles. The Labute approximate surface area is 98.2 Å². The monoisotopic (exact) mass is 271 g/mol. The average molecular weight is 272 g/mol. The number of rotatable bonds is 3. The van der Waals surface area contributed by atoms with Crippen LogP contribution in [-0.2, 0) is 0 Å². The van der Waals surface area contributed by atoms with Gasteiger partial charge in [-0.1, -0.05) is 18.6 Å². The van der Waals surface area contributed by atoms with E-state index in [1.807, 2.05) is 19.2 Å². The fourth-order valence-electron chi connectivity index (χ4n) is 2.18. The Morgan fingerprint density at radius 1 is 1.47 bits per heavy atom. The molecule has 1 aromatic carbocycles. The maximum Gasteiger partial charge on any atom is 0.142 e. The summed E-state index contributed by atoms with van der Waals surface area (Å²) in [4.78, 5) is 0. The predicted molar refractivity (Wildman–Crippen MR) is 63.2 cm³/mol. The van der Waals surface area contributed by atoms with Crippen LogP contribution in [-0.4, -0.2) is 7.05 Å². The van der Waals surface area contributed by atoms with Crippen molar-refractivity contribution in [2.24, 2.45) is 5.92 Å². The molecular formula is C12H15BrFN. The molecule has 1 atom stereocenters. The van der Waals surface area contributed by atoms with Gasteiger partial charge in [-0.2, -0.15) is 0 Å². The quantitative estimate of drug-likeness (QED) is 0.885. The molecule has 3 heteroatoms. The van der Waals surface area contributed by atoms with Crippen molar-refractivity contribution >= 4 is 15.9 Å². The van der Waals surface area contributed by atoms with Gasteiger partial charge in [0.15, 0.2) is 0 Å². The molecular weight excluding hydrogens is 257 g/mol. The highest BCUT2D eigenvalue weighted by Crippen LogP contribution is 2.39. The summed E-state index contributed by atoms with van der Waals surface area (Å²) >= 11 is 3.23. The Hall–Kier alpha value is -0.410. The van der Waals surface area contributed by atoms with Gasteiger partial charge >= 0.3 is 0 Å². The Kier molecular flexibility index (Phi) is 3.42. The van der Waals surface area contributed by atoms with Gasteiger partial charge in [0.05, 0.1) is 4.47 Å². The molecule has 1 unspecified atom stereocenters. The first-order valence-corrected chi connectivity index (χ1v) is 6.14. The lowest BCUT2D eigenvalue weighted by Gasteiger charge is -2.34. The van der Waals surface area contributed by atoms with Crippen LogP contribution < -0.4 is 5.32 Å². The lowest BCUT2D eigenvalue weighted by atomic mass is 9.77. The van der Waals surface area contributed by atoms with Crippen molar-refractivity contribution in [3.63, 3.8) is 0 Å². The zero-order valence-corrected chi connectivity index (χ0v) is 10.3. The number of benzene rings is 1. The Morgan fingerprint density at radius 2 is 2.20 bits per heavy atom. The van der Waals surface area contributed by atoms with Gasteiger partial charge in [-0.15, -0.1) is 0 Å². The van der Waals surface area contributed by atoms with Crippen LogP contribution in [0.4, 0.5) is 4.39 Å². The summed E-state index contributed by atoms with van der Waals surface area (Å²) in [5.41, 5.74) is 0.788. The van der Waals surface area contributed by atoms with E-state index in [4.69, 9.17) is 0 Å². The van der Waals surface area contributed by atoms with Gasteiger partial charge in [-0.3, -0.25) is 0 Å².